The van der Waals surface area contributed by atoms with Crippen LogP contribution in [0.15, 0.2) is 56.1 Å². The van der Waals surface area contributed by atoms with Crippen molar-refractivity contribution in [2.75, 3.05) is 0 Å². The molecule has 2 N–H and O–H groups in total. The monoisotopic (exact) mass is 332 g/mol. The third-order valence-corrected chi connectivity index (χ3v) is 3.73. The molecular weight excluding hydrogens is 324 g/mol. The van der Waals surface area contributed by atoms with Gasteiger partial charge in [0.15, 0.2) is 11.0 Å². The Morgan fingerprint density at radius 2 is 1.70 bits per heavy atom. The summed E-state index contributed by atoms with van der Waals surface area (Å²) in [5.74, 6) is -0.133. The maximum absolute atomic E-state index is 12.1. The van der Waals surface area contributed by atoms with E-state index in [1.807, 2.05) is 18.2 Å². The van der Waals surface area contributed by atoms with Gasteiger partial charge in [0.2, 0.25) is 0 Å². The maximum Gasteiger partial charge on any atom is 0.197 e. The molecule has 0 radical (unpaired) electrons. The highest BCUT2D eigenvalue weighted by Gasteiger charge is 2.16. The molecular formula is C15H9BrO4. The molecule has 1 aromatic heterocycles. The molecule has 3 rings (SSSR count). The quantitative estimate of drug-likeness (QED) is 0.713. The minimum absolute atomic E-state index is 0.0364. The standard InChI is InChI=1S/C15H9BrO4/c16-14-11(19)6-9(17)13-10(18)7-12(20-15(13)14)8-4-2-1-3-5-8/h1-7,17,19H. The summed E-state index contributed by atoms with van der Waals surface area (Å²) in [4.78, 5) is 12.1. The highest BCUT2D eigenvalue weighted by atomic mass is 79.9. The van der Waals surface area contributed by atoms with Crippen LogP contribution >= 0.6 is 15.9 Å². The average molecular weight is 333 g/mol. The fourth-order valence-corrected chi connectivity index (χ4v) is 2.41. The zero-order valence-corrected chi connectivity index (χ0v) is 11.7. The molecule has 5 heteroatoms. The third-order valence-electron chi connectivity index (χ3n) is 2.96. The van der Waals surface area contributed by atoms with E-state index in [-0.39, 0.29) is 32.4 Å². The van der Waals surface area contributed by atoms with E-state index < -0.39 is 0 Å². The van der Waals surface area contributed by atoms with Gasteiger partial charge in [-0.1, -0.05) is 30.3 Å². The number of hydrogen-bond acceptors (Lipinski definition) is 4. The second-order valence-corrected chi connectivity index (χ2v) is 5.07. The van der Waals surface area contributed by atoms with Gasteiger partial charge in [0, 0.05) is 17.7 Å². The van der Waals surface area contributed by atoms with Gasteiger partial charge in [-0.2, -0.15) is 0 Å². The van der Waals surface area contributed by atoms with Crippen LogP contribution in [0.5, 0.6) is 11.5 Å². The Hall–Kier alpha value is -2.27. The number of hydrogen-bond donors (Lipinski definition) is 2. The number of phenolic OH excluding ortho intramolecular Hbond substituents is 2. The smallest absolute Gasteiger partial charge is 0.197 e. The summed E-state index contributed by atoms with van der Waals surface area (Å²) in [6.07, 6.45) is 0. The number of rotatable bonds is 1. The van der Waals surface area contributed by atoms with Crippen LogP contribution in [0, 0.1) is 0 Å². The zero-order chi connectivity index (χ0) is 14.3. The topological polar surface area (TPSA) is 70.7 Å². The lowest BCUT2D eigenvalue weighted by atomic mass is 10.1. The predicted molar refractivity (Wildman–Crippen MR) is 78.9 cm³/mol. The molecule has 0 aliphatic carbocycles. The van der Waals surface area contributed by atoms with Crippen LogP contribution < -0.4 is 5.43 Å². The molecule has 4 nitrogen and oxygen atoms in total. The largest absolute Gasteiger partial charge is 0.507 e. The van der Waals surface area contributed by atoms with Gasteiger partial charge in [0.05, 0.1) is 0 Å². The first-order valence-corrected chi connectivity index (χ1v) is 6.61. The fraction of sp³-hybridized carbons (Fsp3) is 0. The van der Waals surface area contributed by atoms with Gasteiger partial charge in [-0.25, -0.2) is 0 Å². The maximum atomic E-state index is 12.1. The Morgan fingerprint density at radius 3 is 2.40 bits per heavy atom. The van der Waals surface area contributed by atoms with Crippen molar-refractivity contribution in [3.8, 4) is 22.8 Å². The second-order valence-electron chi connectivity index (χ2n) is 4.27. The summed E-state index contributed by atoms with van der Waals surface area (Å²) in [5.41, 5.74) is 0.485. The molecule has 0 fully saturated rings. The van der Waals surface area contributed by atoms with Crippen molar-refractivity contribution in [3.63, 3.8) is 0 Å². The minimum Gasteiger partial charge on any atom is -0.507 e. The van der Waals surface area contributed by atoms with Crippen LogP contribution in [0.3, 0.4) is 0 Å². The van der Waals surface area contributed by atoms with Crippen molar-refractivity contribution in [1.29, 1.82) is 0 Å². The normalized spacial score (nSPS) is 10.8. The number of aromatic hydroxyl groups is 2. The van der Waals surface area contributed by atoms with E-state index in [0.717, 1.165) is 11.6 Å². The number of fused-ring (bicyclic) bond motifs is 1. The third kappa shape index (κ3) is 1.96. The molecule has 100 valence electrons. The molecule has 1 heterocycles. The van der Waals surface area contributed by atoms with Gasteiger partial charge in [0.25, 0.3) is 0 Å². The highest BCUT2D eigenvalue weighted by Crippen LogP contribution is 2.38. The lowest BCUT2D eigenvalue weighted by Crippen LogP contribution is -2.01. The Kier molecular flexibility index (Phi) is 2.99. The molecule has 0 saturated heterocycles. The Morgan fingerprint density at radius 1 is 1.00 bits per heavy atom. The summed E-state index contributed by atoms with van der Waals surface area (Å²) in [6.45, 7) is 0. The highest BCUT2D eigenvalue weighted by molar-refractivity contribution is 9.10. The Bertz CT molecular complexity index is 853. The van der Waals surface area contributed by atoms with Crippen molar-refractivity contribution in [3.05, 3.63) is 57.2 Å². The number of halogens is 1. The zero-order valence-electron chi connectivity index (χ0n) is 10.1. The van der Waals surface area contributed by atoms with Crippen LogP contribution in [0.4, 0.5) is 0 Å². The first-order valence-electron chi connectivity index (χ1n) is 5.81. The molecule has 20 heavy (non-hydrogen) atoms. The summed E-state index contributed by atoms with van der Waals surface area (Å²) in [6, 6.07) is 11.5. The van der Waals surface area contributed by atoms with Gasteiger partial charge >= 0.3 is 0 Å². The van der Waals surface area contributed by atoms with Gasteiger partial charge in [-0.15, -0.1) is 0 Å². The van der Waals surface area contributed by atoms with E-state index >= 15 is 0 Å². The van der Waals surface area contributed by atoms with Crippen LogP contribution in [-0.2, 0) is 0 Å². The van der Waals surface area contributed by atoms with Crippen LogP contribution in [-0.4, -0.2) is 10.2 Å². The van der Waals surface area contributed by atoms with E-state index in [1.165, 1.54) is 6.07 Å². The summed E-state index contributed by atoms with van der Waals surface area (Å²) < 4.78 is 5.89. The molecule has 0 saturated carbocycles. The molecule has 3 aromatic rings. The van der Waals surface area contributed by atoms with Gasteiger partial charge in [-0.05, 0) is 15.9 Å². The van der Waals surface area contributed by atoms with Crippen LogP contribution in [0.1, 0.15) is 0 Å². The van der Waals surface area contributed by atoms with Gasteiger partial charge in [0.1, 0.15) is 27.1 Å². The average Bonchev–Trinajstić information content (AvgIpc) is 2.45. The SMILES string of the molecule is O=c1cc(-c2ccccc2)oc2c(Br)c(O)cc(O)c12. The van der Waals surface area contributed by atoms with E-state index in [9.17, 15) is 15.0 Å². The molecule has 0 amide bonds. The molecule has 0 spiro atoms. The molecule has 2 aromatic carbocycles. The Balaban J connectivity index is 2.40. The lowest BCUT2D eigenvalue weighted by molar-refractivity contribution is 0.450. The molecule has 0 atom stereocenters. The van der Waals surface area contributed by atoms with Crippen molar-refractivity contribution in [2.45, 2.75) is 0 Å². The van der Waals surface area contributed by atoms with Crippen molar-refractivity contribution >= 4 is 26.9 Å². The first-order chi connectivity index (χ1) is 9.58. The first kappa shape index (κ1) is 12.7. The lowest BCUT2D eigenvalue weighted by Gasteiger charge is -2.07. The van der Waals surface area contributed by atoms with Crippen molar-refractivity contribution < 1.29 is 14.6 Å². The fourth-order valence-electron chi connectivity index (χ4n) is 2.02. The van der Waals surface area contributed by atoms with Crippen LogP contribution in [0.2, 0.25) is 0 Å². The summed E-state index contributed by atoms with van der Waals surface area (Å²) in [5, 5.41) is 19.5. The molecule has 0 aliphatic rings. The molecule has 0 bridgehead atoms. The second kappa shape index (κ2) is 4.68. The van der Waals surface area contributed by atoms with Crippen molar-refractivity contribution in [2.24, 2.45) is 0 Å². The van der Waals surface area contributed by atoms with Crippen molar-refractivity contribution in [1.82, 2.24) is 0 Å². The summed E-state index contributed by atoms with van der Waals surface area (Å²) in [7, 11) is 0. The van der Waals surface area contributed by atoms with E-state index in [4.69, 9.17) is 4.42 Å². The predicted octanol–water partition coefficient (Wildman–Crippen LogP) is 3.63. The van der Waals surface area contributed by atoms with Crippen LogP contribution in [0.25, 0.3) is 22.3 Å². The van der Waals surface area contributed by atoms with Gasteiger partial charge < -0.3 is 14.6 Å². The van der Waals surface area contributed by atoms with Gasteiger partial charge in [-0.3, -0.25) is 4.79 Å². The van der Waals surface area contributed by atoms with E-state index in [0.29, 0.717) is 5.76 Å². The number of benzene rings is 2. The molecule has 0 unspecified atom stereocenters. The number of phenols is 2. The Labute approximate surface area is 122 Å². The molecule has 0 aliphatic heterocycles. The minimum atomic E-state index is -0.372. The van der Waals surface area contributed by atoms with E-state index in [1.54, 1.807) is 12.1 Å². The summed E-state index contributed by atoms with van der Waals surface area (Å²) >= 11 is 3.16. The van der Waals surface area contributed by atoms with E-state index in [2.05, 4.69) is 15.9 Å².